The average molecular weight is 419 g/mol. The van der Waals surface area contributed by atoms with Gasteiger partial charge in [-0.25, -0.2) is 9.48 Å². The van der Waals surface area contributed by atoms with Gasteiger partial charge in [0.2, 0.25) is 0 Å². The maximum Gasteiger partial charge on any atom is 0.349 e. The van der Waals surface area contributed by atoms with Gasteiger partial charge in [-0.1, -0.05) is 30.3 Å². The van der Waals surface area contributed by atoms with Crippen LogP contribution in [0.15, 0.2) is 68.6 Å². The van der Waals surface area contributed by atoms with Crippen LogP contribution in [0.25, 0.3) is 16.7 Å². The van der Waals surface area contributed by atoms with Gasteiger partial charge in [0.25, 0.3) is 11.5 Å². The van der Waals surface area contributed by atoms with Gasteiger partial charge < -0.3 is 14.5 Å². The largest absolute Gasteiger partial charge is 0.490 e. The van der Waals surface area contributed by atoms with Crippen LogP contribution in [0, 0.1) is 6.92 Å². The fraction of sp³-hybridized carbons (Fsp3) is 0.174. The van der Waals surface area contributed by atoms with Gasteiger partial charge >= 0.3 is 5.63 Å². The smallest absolute Gasteiger partial charge is 0.349 e. The van der Waals surface area contributed by atoms with Gasteiger partial charge in [0.15, 0.2) is 11.3 Å². The third kappa shape index (κ3) is 3.52. The van der Waals surface area contributed by atoms with E-state index < -0.39 is 17.1 Å². The first-order valence-corrected chi connectivity index (χ1v) is 9.77. The molecule has 0 atom stereocenters. The van der Waals surface area contributed by atoms with Crippen LogP contribution in [-0.2, 0) is 7.05 Å². The topological polar surface area (TPSA) is 95.5 Å². The van der Waals surface area contributed by atoms with Crippen LogP contribution in [-0.4, -0.2) is 21.9 Å². The van der Waals surface area contributed by atoms with Crippen molar-refractivity contribution in [3.05, 3.63) is 86.6 Å². The third-order valence-electron chi connectivity index (χ3n) is 5.06. The number of benzene rings is 2. The van der Waals surface area contributed by atoms with E-state index in [4.69, 9.17) is 9.15 Å². The number of anilines is 1. The second kappa shape index (κ2) is 7.98. The van der Waals surface area contributed by atoms with Crippen molar-refractivity contribution in [1.29, 1.82) is 0 Å². The van der Waals surface area contributed by atoms with Crippen LogP contribution in [0.1, 0.15) is 23.0 Å². The second-order valence-corrected chi connectivity index (χ2v) is 6.95. The van der Waals surface area contributed by atoms with Crippen molar-refractivity contribution in [3.63, 3.8) is 0 Å². The maximum atomic E-state index is 13.0. The Morgan fingerprint density at radius 1 is 1.10 bits per heavy atom. The number of nitrogens with one attached hydrogen (secondary N) is 1. The Balaban J connectivity index is 1.74. The monoisotopic (exact) mass is 419 g/mol. The molecule has 0 saturated carbocycles. The molecule has 0 saturated heterocycles. The number of carbonyl (C=O) groups excluding carboxylic acids is 1. The first kappa shape index (κ1) is 20.2. The first-order chi connectivity index (χ1) is 14.9. The van der Waals surface area contributed by atoms with E-state index >= 15 is 0 Å². The molecule has 158 valence electrons. The Kier molecular flexibility index (Phi) is 5.21. The van der Waals surface area contributed by atoms with Crippen molar-refractivity contribution in [2.45, 2.75) is 13.8 Å². The Morgan fingerprint density at radius 2 is 1.84 bits per heavy atom. The molecule has 31 heavy (non-hydrogen) atoms. The molecular formula is C23H21N3O5. The predicted molar refractivity (Wildman–Crippen MR) is 117 cm³/mol. The molecule has 0 aliphatic heterocycles. The van der Waals surface area contributed by atoms with Crippen molar-refractivity contribution in [2.24, 2.45) is 7.05 Å². The Morgan fingerprint density at radius 3 is 2.55 bits per heavy atom. The fourth-order valence-electron chi connectivity index (χ4n) is 3.44. The molecule has 1 N–H and O–H groups in total. The number of hydrogen-bond acceptors (Lipinski definition) is 5. The summed E-state index contributed by atoms with van der Waals surface area (Å²) in [4.78, 5) is 38.4. The minimum atomic E-state index is -0.811. The normalized spacial score (nSPS) is 10.9. The molecule has 2 heterocycles. The molecule has 1 amide bonds. The molecule has 8 heteroatoms. The minimum Gasteiger partial charge on any atom is -0.490 e. The van der Waals surface area contributed by atoms with E-state index in [0.717, 1.165) is 0 Å². The lowest BCUT2D eigenvalue weighted by Crippen LogP contribution is -2.25. The number of carbonyl (C=O) groups is 1. The van der Waals surface area contributed by atoms with Crippen molar-refractivity contribution in [1.82, 2.24) is 9.36 Å². The van der Waals surface area contributed by atoms with E-state index in [1.165, 1.54) is 10.7 Å². The Hall–Kier alpha value is -4.07. The lowest BCUT2D eigenvalue weighted by atomic mass is 10.1. The lowest BCUT2D eigenvalue weighted by Gasteiger charge is -2.08. The zero-order valence-electron chi connectivity index (χ0n) is 17.3. The molecule has 2 aromatic heterocycles. The molecule has 0 aliphatic rings. The van der Waals surface area contributed by atoms with Crippen molar-refractivity contribution >= 4 is 22.6 Å². The van der Waals surface area contributed by atoms with Crippen LogP contribution in [0.2, 0.25) is 0 Å². The van der Waals surface area contributed by atoms with E-state index in [9.17, 15) is 14.4 Å². The summed E-state index contributed by atoms with van der Waals surface area (Å²) in [5, 5.41) is 3.13. The van der Waals surface area contributed by atoms with Gasteiger partial charge in [0.1, 0.15) is 11.3 Å². The highest BCUT2D eigenvalue weighted by molar-refractivity contribution is 6.05. The van der Waals surface area contributed by atoms with E-state index in [1.807, 2.05) is 25.1 Å². The van der Waals surface area contributed by atoms with Crippen LogP contribution in [0.3, 0.4) is 0 Å². The van der Waals surface area contributed by atoms with Crippen LogP contribution >= 0.6 is 0 Å². The molecule has 0 bridgehead atoms. The maximum absolute atomic E-state index is 13.0. The molecule has 0 aliphatic carbocycles. The SMILES string of the molecule is CCOc1cccc2cc(C(=O)Nc3c(C)n(C)n(-c4ccccc4)c3=O)c(=O)oc12. The van der Waals surface area contributed by atoms with Crippen LogP contribution < -0.4 is 21.2 Å². The summed E-state index contributed by atoms with van der Waals surface area (Å²) in [6.45, 7) is 3.95. The van der Waals surface area contributed by atoms with Gasteiger partial charge in [-0.15, -0.1) is 0 Å². The van der Waals surface area contributed by atoms with Crippen molar-refractivity contribution in [3.8, 4) is 11.4 Å². The highest BCUT2D eigenvalue weighted by Gasteiger charge is 2.21. The quantitative estimate of drug-likeness (QED) is 0.501. The molecular weight excluding hydrogens is 398 g/mol. The summed E-state index contributed by atoms with van der Waals surface area (Å²) < 4.78 is 13.9. The van der Waals surface area contributed by atoms with Gasteiger partial charge in [0, 0.05) is 12.4 Å². The van der Waals surface area contributed by atoms with E-state index in [2.05, 4.69) is 5.32 Å². The molecule has 4 aromatic rings. The Bertz CT molecular complexity index is 1400. The lowest BCUT2D eigenvalue weighted by molar-refractivity contribution is 0.102. The van der Waals surface area contributed by atoms with E-state index in [1.54, 1.807) is 49.0 Å². The van der Waals surface area contributed by atoms with Gasteiger partial charge in [-0.05, 0) is 38.1 Å². The summed E-state index contributed by atoms with van der Waals surface area (Å²) in [7, 11) is 1.72. The van der Waals surface area contributed by atoms with Crippen LogP contribution in [0.4, 0.5) is 5.69 Å². The first-order valence-electron chi connectivity index (χ1n) is 9.77. The minimum absolute atomic E-state index is 0.0962. The van der Waals surface area contributed by atoms with Crippen molar-refractivity contribution < 1.29 is 13.9 Å². The number of hydrogen-bond donors (Lipinski definition) is 1. The molecule has 0 spiro atoms. The van der Waals surface area contributed by atoms with Gasteiger partial charge in [0.05, 0.1) is 18.0 Å². The third-order valence-corrected chi connectivity index (χ3v) is 5.06. The fourth-order valence-corrected chi connectivity index (χ4v) is 3.44. The Labute approximate surface area is 177 Å². The number of amides is 1. The number of nitrogens with zero attached hydrogens (tertiary/aromatic N) is 2. The summed E-state index contributed by atoms with van der Waals surface area (Å²) >= 11 is 0. The number of fused-ring (bicyclic) bond motifs is 1. The molecule has 8 nitrogen and oxygen atoms in total. The standard InChI is InChI=1S/C23H21N3O5/c1-4-30-18-12-8-9-15-13-17(23(29)31-20(15)18)21(27)24-19-14(2)25(3)26(22(19)28)16-10-6-5-7-11-16/h5-13H,4H2,1-3H3,(H,24,27). The zero-order valence-corrected chi connectivity index (χ0v) is 17.3. The predicted octanol–water partition coefficient (Wildman–Crippen LogP) is 3.24. The molecule has 0 unspecified atom stereocenters. The summed E-state index contributed by atoms with van der Waals surface area (Å²) in [5.74, 6) is -0.294. The number of para-hydroxylation sites is 2. The molecule has 0 fully saturated rings. The highest BCUT2D eigenvalue weighted by atomic mass is 16.5. The van der Waals surface area contributed by atoms with E-state index in [0.29, 0.717) is 29.1 Å². The molecule has 0 radical (unpaired) electrons. The van der Waals surface area contributed by atoms with Crippen LogP contribution in [0.5, 0.6) is 5.75 Å². The number of rotatable bonds is 5. The summed E-state index contributed by atoms with van der Waals surface area (Å²) in [6.07, 6.45) is 0. The highest BCUT2D eigenvalue weighted by Crippen LogP contribution is 2.25. The number of aromatic nitrogens is 2. The zero-order chi connectivity index (χ0) is 22.1. The molecule has 4 rings (SSSR count). The summed E-state index contributed by atoms with van der Waals surface area (Å²) in [6, 6.07) is 15.7. The average Bonchev–Trinajstić information content (AvgIpc) is 2.97. The van der Waals surface area contributed by atoms with Gasteiger partial charge in [-0.2, -0.15) is 0 Å². The van der Waals surface area contributed by atoms with Gasteiger partial charge in [-0.3, -0.25) is 14.3 Å². The van der Waals surface area contributed by atoms with E-state index in [-0.39, 0.29) is 16.8 Å². The summed E-state index contributed by atoms with van der Waals surface area (Å²) in [5.41, 5.74) is 0.165. The molecule has 2 aromatic carbocycles. The van der Waals surface area contributed by atoms with Crippen molar-refractivity contribution in [2.75, 3.05) is 11.9 Å². The number of ether oxygens (including phenoxy) is 1. The second-order valence-electron chi connectivity index (χ2n) is 6.95.